The Labute approximate surface area is 158 Å². The number of amides is 1. The molecular formula is C20H21ClN4O. The lowest BCUT2D eigenvalue weighted by Crippen LogP contribution is -2.27. The summed E-state index contributed by atoms with van der Waals surface area (Å²) in [5.41, 5.74) is 3.16. The van der Waals surface area contributed by atoms with Crippen LogP contribution in [0.1, 0.15) is 41.5 Å². The van der Waals surface area contributed by atoms with Crippen molar-refractivity contribution in [1.29, 1.82) is 0 Å². The second kappa shape index (κ2) is 8.15. The number of nitrogens with zero attached hydrogens (tertiary/aromatic N) is 3. The van der Waals surface area contributed by atoms with Crippen molar-refractivity contribution in [3.05, 3.63) is 76.6 Å². The minimum atomic E-state index is -0.204. The van der Waals surface area contributed by atoms with Crippen LogP contribution in [-0.2, 0) is 6.42 Å². The third-order valence-corrected chi connectivity index (χ3v) is 4.33. The Morgan fingerprint density at radius 3 is 2.46 bits per heavy atom. The van der Waals surface area contributed by atoms with E-state index in [0.29, 0.717) is 17.3 Å². The van der Waals surface area contributed by atoms with Crippen molar-refractivity contribution in [1.82, 2.24) is 20.3 Å². The quantitative estimate of drug-likeness (QED) is 0.715. The largest absolute Gasteiger partial charge is 0.350 e. The van der Waals surface area contributed by atoms with Gasteiger partial charge < -0.3 is 5.32 Å². The first-order valence-electron chi connectivity index (χ1n) is 8.60. The molecular weight excluding hydrogens is 348 g/mol. The smallest absolute Gasteiger partial charge is 0.273 e. The van der Waals surface area contributed by atoms with Gasteiger partial charge in [0.1, 0.15) is 0 Å². The summed E-state index contributed by atoms with van der Waals surface area (Å²) in [5, 5.41) is 11.9. The molecule has 2 aromatic carbocycles. The number of rotatable bonds is 6. The topological polar surface area (TPSA) is 59.8 Å². The first-order chi connectivity index (χ1) is 12.6. The molecule has 3 rings (SSSR count). The van der Waals surface area contributed by atoms with E-state index >= 15 is 0 Å². The van der Waals surface area contributed by atoms with Gasteiger partial charge in [-0.3, -0.25) is 4.79 Å². The van der Waals surface area contributed by atoms with Gasteiger partial charge in [0, 0.05) is 11.6 Å². The lowest BCUT2D eigenvalue weighted by Gasteiger charge is -2.11. The lowest BCUT2D eigenvalue weighted by molar-refractivity contribution is 0.0947. The predicted octanol–water partition coefficient (Wildman–Crippen LogP) is 4.02. The maximum Gasteiger partial charge on any atom is 0.273 e. The van der Waals surface area contributed by atoms with Crippen molar-refractivity contribution >= 4 is 17.5 Å². The van der Waals surface area contributed by atoms with Crippen molar-refractivity contribution in [3.8, 4) is 5.69 Å². The van der Waals surface area contributed by atoms with E-state index in [0.717, 1.165) is 17.8 Å². The van der Waals surface area contributed by atoms with Crippen molar-refractivity contribution in [2.45, 2.75) is 26.2 Å². The van der Waals surface area contributed by atoms with Gasteiger partial charge in [-0.25, -0.2) is 4.68 Å². The molecule has 3 aromatic rings. The zero-order valence-electron chi connectivity index (χ0n) is 14.8. The van der Waals surface area contributed by atoms with Crippen molar-refractivity contribution in [2.75, 3.05) is 6.54 Å². The van der Waals surface area contributed by atoms with Gasteiger partial charge in [-0.1, -0.05) is 61.0 Å². The average molecular weight is 369 g/mol. The van der Waals surface area contributed by atoms with Gasteiger partial charge in [-0.2, -0.15) is 0 Å². The Morgan fingerprint density at radius 2 is 1.81 bits per heavy atom. The van der Waals surface area contributed by atoms with E-state index in [9.17, 15) is 4.79 Å². The molecule has 0 saturated carbocycles. The summed E-state index contributed by atoms with van der Waals surface area (Å²) in [7, 11) is 0. The van der Waals surface area contributed by atoms with Crippen LogP contribution in [0.2, 0.25) is 5.02 Å². The molecule has 0 unspecified atom stereocenters. The maximum atomic E-state index is 12.6. The van der Waals surface area contributed by atoms with E-state index in [1.807, 2.05) is 56.3 Å². The molecule has 0 fully saturated rings. The van der Waals surface area contributed by atoms with Crippen LogP contribution in [0, 0.1) is 0 Å². The van der Waals surface area contributed by atoms with Crippen LogP contribution >= 0.6 is 11.6 Å². The lowest BCUT2D eigenvalue weighted by atomic mass is 10.1. The van der Waals surface area contributed by atoms with Crippen molar-refractivity contribution in [3.63, 3.8) is 0 Å². The van der Waals surface area contributed by atoms with Gasteiger partial charge in [0.2, 0.25) is 0 Å². The highest BCUT2D eigenvalue weighted by atomic mass is 35.5. The molecule has 1 amide bonds. The molecule has 26 heavy (non-hydrogen) atoms. The fraction of sp³-hybridized carbons (Fsp3) is 0.250. The summed E-state index contributed by atoms with van der Waals surface area (Å²) in [5.74, 6) is -0.111. The van der Waals surface area contributed by atoms with Crippen LogP contribution in [0.4, 0.5) is 0 Å². The summed E-state index contributed by atoms with van der Waals surface area (Å²) in [4.78, 5) is 12.6. The van der Waals surface area contributed by atoms with Crippen LogP contribution in [0.3, 0.4) is 0 Å². The fourth-order valence-electron chi connectivity index (χ4n) is 2.79. The van der Waals surface area contributed by atoms with E-state index in [1.54, 1.807) is 16.8 Å². The second-order valence-corrected chi connectivity index (χ2v) is 6.79. The molecule has 6 heteroatoms. The van der Waals surface area contributed by atoms with Gasteiger partial charge in [-0.15, -0.1) is 5.10 Å². The molecule has 0 atom stereocenters. The third kappa shape index (κ3) is 4.11. The van der Waals surface area contributed by atoms with Crippen LogP contribution in [-0.4, -0.2) is 27.4 Å². The highest BCUT2D eigenvalue weighted by molar-refractivity contribution is 6.30. The van der Waals surface area contributed by atoms with Crippen LogP contribution in [0.5, 0.6) is 0 Å². The number of aromatic nitrogens is 3. The number of carbonyl (C=O) groups excluding carboxylic acids is 1. The molecule has 0 bridgehead atoms. The Morgan fingerprint density at radius 1 is 1.12 bits per heavy atom. The number of halogens is 1. The van der Waals surface area contributed by atoms with Crippen molar-refractivity contribution in [2.24, 2.45) is 0 Å². The third-order valence-electron chi connectivity index (χ3n) is 4.08. The van der Waals surface area contributed by atoms with E-state index < -0.39 is 0 Å². The van der Waals surface area contributed by atoms with Crippen LogP contribution < -0.4 is 5.32 Å². The van der Waals surface area contributed by atoms with Gasteiger partial charge in [0.15, 0.2) is 5.69 Å². The number of benzene rings is 2. The molecule has 1 N–H and O–H groups in total. The van der Waals surface area contributed by atoms with E-state index in [-0.39, 0.29) is 11.8 Å². The van der Waals surface area contributed by atoms with Crippen LogP contribution in [0.25, 0.3) is 5.69 Å². The highest BCUT2D eigenvalue weighted by Crippen LogP contribution is 2.22. The minimum Gasteiger partial charge on any atom is -0.350 e. The molecule has 0 aliphatic carbocycles. The zero-order chi connectivity index (χ0) is 18.5. The summed E-state index contributed by atoms with van der Waals surface area (Å²) in [6, 6.07) is 17.4. The number of nitrogens with one attached hydrogen (secondary N) is 1. The standard InChI is InChI=1S/C20H21ClN4O/c1-14(2)19-18(20(26)22-13-12-15-6-4-3-5-7-15)23-24-25(19)17-10-8-16(21)9-11-17/h3-11,14H,12-13H2,1-2H3,(H,22,26). The zero-order valence-corrected chi connectivity index (χ0v) is 15.6. The van der Waals surface area contributed by atoms with Crippen LogP contribution in [0.15, 0.2) is 54.6 Å². The van der Waals surface area contributed by atoms with Gasteiger partial charge in [0.05, 0.1) is 11.4 Å². The molecule has 1 heterocycles. The number of carbonyl (C=O) groups is 1. The first kappa shape index (κ1) is 18.1. The maximum absolute atomic E-state index is 12.6. The Kier molecular flexibility index (Phi) is 5.68. The molecule has 0 aliphatic heterocycles. The first-order valence-corrected chi connectivity index (χ1v) is 8.97. The Bertz CT molecular complexity index is 873. The van der Waals surface area contributed by atoms with Gasteiger partial charge in [-0.05, 0) is 42.2 Å². The van der Waals surface area contributed by atoms with Gasteiger partial charge in [0.25, 0.3) is 5.91 Å². The van der Waals surface area contributed by atoms with E-state index in [1.165, 1.54) is 5.56 Å². The summed E-state index contributed by atoms with van der Waals surface area (Å²) >= 11 is 5.96. The molecule has 0 saturated heterocycles. The highest BCUT2D eigenvalue weighted by Gasteiger charge is 2.22. The summed E-state index contributed by atoms with van der Waals surface area (Å²) < 4.78 is 1.70. The molecule has 0 aliphatic rings. The second-order valence-electron chi connectivity index (χ2n) is 6.36. The summed E-state index contributed by atoms with van der Waals surface area (Å²) in [6.45, 7) is 4.59. The van der Waals surface area contributed by atoms with Crippen molar-refractivity contribution < 1.29 is 4.79 Å². The monoisotopic (exact) mass is 368 g/mol. The molecule has 0 radical (unpaired) electrons. The Hall–Kier alpha value is -2.66. The predicted molar refractivity (Wildman–Crippen MR) is 103 cm³/mol. The molecule has 1 aromatic heterocycles. The number of hydrogen-bond acceptors (Lipinski definition) is 3. The number of hydrogen-bond donors (Lipinski definition) is 1. The Balaban J connectivity index is 1.76. The fourth-order valence-corrected chi connectivity index (χ4v) is 2.92. The minimum absolute atomic E-state index is 0.0931. The average Bonchev–Trinajstić information content (AvgIpc) is 3.08. The summed E-state index contributed by atoms with van der Waals surface area (Å²) in [6.07, 6.45) is 0.773. The van der Waals surface area contributed by atoms with E-state index in [2.05, 4.69) is 15.6 Å². The normalized spacial score (nSPS) is 10.9. The molecule has 0 spiro atoms. The SMILES string of the molecule is CC(C)c1c(C(=O)NCCc2ccccc2)nnn1-c1ccc(Cl)cc1. The molecule has 5 nitrogen and oxygen atoms in total. The molecule has 134 valence electrons. The van der Waals surface area contributed by atoms with E-state index in [4.69, 9.17) is 11.6 Å². The van der Waals surface area contributed by atoms with Gasteiger partial charge >= 0.3 is 0 Å².